The van der Waals surface area contributed by atoms with Crippen LogP contribution in [0.15, 0.2) is 49.1 Å². The van der Waals surface area contributed by atoms with Crippen molar-refractivity contribution in [3.05, 3.63) is 65.8 Å². The van der Waals surface area contributed by atoms with Crippen LogP contribution < -0.4 is 9.47 Å². The molecule has 2 rings (SSSR count). The van der Waals surface area contributed by atoms with Gasteiger partial charge in [0.2, 0.25) is 0 Å². The quantitative estimate of drug-likeness (QED) is 0.456. The van der Waals surface area contributed by atoms with Crippen molar-refractivity contribution in [3.8, 4) is 23.0 Å². The summed E-state index contributed by atoms with van der Waals surface area (Å²) in [6, 6.07) is 7.70. The van der Waals surface area contributed by atoms with Crippen LogP contribution in [-0.4, -0.2) is 30.2 Å². The van der Waals surface area contributed by atoms with Gasteiger partial charge in [0.15, 0.2) is 5.78 Å². The second-order valence-electron chi connectivity index (χ2n) is 5.30. The number of hydrogen-bond acceptors (Lipinski definition) is 5. The van der Waals surface area contributed by atoms with Gasteiger partial charge in [0.05, 0.1) is 19.8 Å². The van der Waals surface area contributed by atoms with Gasteiger partial charge in [-0.15, -0.1) is 6.58 Å². The molecule has 0 fully saturated rings. The molecule has 5 heteroatoms. The van der Waals surface area contributed by atoms with Gasteiger partial charge in [-0.3, -0.25) is 4.79 Å². The molecule has 0 aliphatic carbocycles. The molecule has 2 aromatic carbocycles. The summed E-state index contributed by atoms with van der Waals surface area (Å²) in [6.45, 7) is 3.65. The molecule has 5 nitrogen and oxygen atoms in total. The molecule has 0 saturated heterocycles. The lowest BCUT2D eigenvalue weighted by molar-refractivity contribution is 0.104. The molecule has 0 spiro atoms. The van der Waals surface area contributed by atoms with Crippen LogP contribution in [0.25, 0.3) is 6.08 Å². The van der Waals surface area contributed by atoms with Crippen molar-refractivity contribution in [1.29, 1.82) is 0 Å². The number of phenolic OH excluding ortho intramolecular Hbond substituents is 2. The van der Waals surface area contributed by atoms with Crippen molar-refractivity contribution in [1.82, 2.24) is 0 Å². The molecule has 0 unspecified atom stereocenters. The number of hydrogen-bond donors (Lipinski definition) is 2. The van der Waals surface area contributed by atoms with Crippen molar-refractivity contribution >= 4 is 11.9 Å². The van der Waals surface area contributed by atoms with Crippen LogP contribution in [0.2, 0.25) is 0 Å². The highest BCUT2D eigenvalue weighted by atomic mass is 16.5. The molecule has 0 bridgehead atoms. The Morgan fingerprint density at radius 1 is 1.12 bits per heavy atom. The Morgan fingerprint density at radius 2 is 1.88 bits per heavy atom. The Balaban J connectivity index is 2.33. The molecule has 0 heterocycles. The van der Waals surface area contributed by atoms with Crippen LogP contribution in [0.1, 0.15) is 21.5 Å². The maximum Gasteiger partial charge on any atom is 0.189 e. The fraction of sp³-hybridized carbons (Fsp3) is 0.150. The van der Waals surface area contributed by atoms with Crippen molar-refractivity contribution in [2.45, 2.75) is 6.42 Å². The van der Waals surface area contributed by atoms with Crippen LogP contribution in [-0.2, 0) is 6.42 Å². The summed E-state index contributed by atoms with van der Waals surface area (Å²) in [7, 11) is 2.96. The highest BCUT2D eigenvalue weighted by Gasteiger charge is 2.11. The minimum absolute atomic E-state index is 0.105. The smallest absolute Gasteiger partial charge is 0.189 e. The van der Waals surface area contributed by atoms with E-state index in [4.69, 9.17) is 9.47 Å². The maximum atomic E-state index is 12.3. The van der Waals surface area contributed by atoms with Gasteiger partial charge >= 0.3 is 0 Å². The Hall–Kier alpha value is -3.21. The first-order chi connectivity index (χ1) is 12.0. The van der Waals surface area contributed by atoms with Gasteiger partial charge in [-0.1, -0.05) is 6.08 Å². The minimum Gasteiger partial charge on any atom is -0.508 e. The van der Waals surface area contributed by atoms with E-state index in [0.29, 0.717) is 29.0 Å². The monoisotopic (exact) mass is 340 g/mol. The molecule has 0 aromatic heterocycles. The Labute approximate surface area is 146 Å². The van der Waals surface area contributed by atoms with Gasteiger partial charge < -0.3 is 19.7 Å². The zero-order valence-corrected chi connectivity index (χ0v) is 14.2. The predicted octanol–water partition coefficient (Wildman–Crippen LogP) is 3.74. The SMILES string of the molecule is C=CCc1cc(/C=C/C(=O)c2ccc(OC)cc2O)c(OC)cc1O. The zero-order chi connectivity index (χ0) is 18.4. The number of carbonyl (C=O) groups excluding carboxylic acids is 1. The summed E-state index contributed by atoms with van der Waals surface area (Å²) in [4.78, 5) is 12.3. The topological polar surface area (TPSA) is 76.0 Å². The van der Waals surface area contributed by atoms with Gasteiger partial charge in [0, 0.05) is 17.7 Å². The number of methoxy groups -OCH3 is 2. The number of aromatic hydroxyl groups is 2. The van der Waals surface area contributed by atoms with E-state index in [2.05, 4.69) is 6.58 Å². The van der Waals surface area contributed by atoms with Crippen LogP contribution >= 0.6 is 0 Å². The van der Waals surface area contributed by atoms with Crippen LogP contribution in [0, 0.1) is 0 Å². The fourth-order valence-electron chi connectivity index (χ4n) is 2.36. The number of carbonyl (C=O) groups is 1. The number of rotatable bonds is 7. The Bertz CT molecular complexity index is 821. The lowest BCUT2D eigenvalue weighted by Gasteiger charge is -2.09. The summed E-state index contributed by atoms with van der Waals surface area (Å²) >= 11 is 0. The van der Waals surface area contributed by atoms with Crippen molar-refractivity contribution in [2.75, 3.05) is 14.2 Å². The number of phenols is 2. The lowest BCUT2D eigenvalue weighted by atomic mass is 10.0. The molecule has 2 N–H and O–H groups in total. The molecule has 0 aliphatic heterocycles. The third-order valence-electron chi connectivity index (χ3n) is 3.68. The summed E-state index contributed by atoms with van der Waals surface area (Å²) in [5.74, 6) is 0.494. The number of ether oxygens (including phenoxy) is 2. The third kappa shape index (κ3) is 4.20. The zero-order valence-electron chi connectivity index (χ0n) is 14.2. The summed E-state index contributed by atoms with van der Waals surface area (Å²) in [5.41, 5.74) is 1.48. The fourth-order valence-corrected chi connectivity index (χ4v) is 2.36. The Morgan fingerprint density at radius 3 is 2.48 bits per heavy atom. The summed E-state index contributed by atoms with van der Waals surface area (Å²) in [5, 5.41) is 19.9. The molecule has 2 aromatic rings. The highest BCUT2D eigenvalue weighted by Crippen LogP contribution is 2.30. The number of ketones is 1. The second-order valence-corrected chi connectivity index (χ2v) is 5.30. The van der Waals surface area contributed by atoms with Gasteiger partial charge in [-0.05, 0) is 42.3 Å². The molecule has 0 amide bonds. The van der Waals surface area contributed by atoms with Gasteiger partial charge in [0.1, 0.15) is 23.0 Å². The highest BCUT2D eigenvalue weighted by molar-refractivity contribution is 6.08. The Kier molecular flexibility index (Phi) is 5.84. The summed E-state index contributed by atoms with van der Waals surface area (Å²) in [6.07, 6.45) is 5.09. The molecule has 0 saturated carbocycles. The number of benzene rings is 2. The van der Waals surface area contributed by atoms with Gasteiger partial charge in [-0.25, -0.2) is 0 Å². The normalized spacial score (nSPS) is 10.6. The van der Waals surface area contributed by atoms with E-state index in [0.717, 1.165) is 0 Å². The maximum absolute atomic E-state index is 12.3. The van der Waals surface area contributed by atoms with E-state index in [1.54, 1.807) is 24.3 Å². The van der Waals surface area contributed by atoms with E-state index in [9.17, 15) is 15.0 Å². The van der Waals surface area contributed by atoms with E-state index in [1.165, 1.54) is 38.5 Å². The average Bonchev–Trinajstić information content (AvgIpc) is 2.61. The standard InChI is InChI=1S/C20H20O5/c1-4-5-13-10-14(20(25-3)12-18(13)22)6-9-17(21)16-8-7-15(24-2)11-19(16)23/h4,6-12,22-23H,1,5H2,2-3H3/b9-6+. The third-order valence-corrected chi connectivity index (χ3v) is 3.68. The molecular weight excluding hydrogens is 320 g/mol. The largest absolute Gasteiger partial charge is 0.508 e. The lowest BCUT2D eigenvalue weighted by Crippen LogP contribution is -1.96. The first kappa shape index (κ1) is 18.1. The molecule has 0 atom stereocenters. The van der Waals surface area contributed by atoms with Gasteiger partial charge in [-0.2, -0.15) is 0 Å². The van der Waals surface area contributed by atoms with Crippen molar-refractivity contribution < 1.29 is 24.5 Å². The van der Waals surface area contributed by atoms with E-state index < -0.39 is 0 Å². The van der Waals surface area contributed by atoms with E-state index >= 15 is 0 Å². The molecule has 130 valence electrons. The van der Waals surface area contributed by atoms with Crippen LogP contribution in [0.4, 0.5) is 0 Å². The van der Waals surface area contributed by atoms with Crippen molar-refractivity contribution in [3.63, 3.8) is 0 Å². The molecule has 25 heavy (non-hydrogen) atoms. The second kappa shape index (κ2) is 8.06. The number of allylic oxidation sites excluding steroid dienone is 2. The average molecular weight is 340 g/mol. The van der Waals surface area contributed by atoms with E-state index in [-0.39, 0.29) is 22.8 Å². The summed E-state index contributed by atoms with van der Waals surface area (Å²) < 4.78 is 10.2. The van der Waals surface area contributed by atoms with Crippen LogP contribution in [0.3, 0.4) is 0 Å². The first-order valence-corrected chi connectivity index (χ1v) is 7.60. The van der Waals surface area contributed by atoms with Crippen LogP contribution in [0.5, 0.6) is 23.0 Å². The van der Waals surface area contributed by atoms with E-state index in [1.807, 2.05) is 0 Å². The molecule has 0 radical (unpaired) electrons. The predicted molar refractivity (Wildman–Crippen MR) is 96.6 cm³/mol. The van der Waals surface area contributed by atoms with Gasteiger partial charge in [0.25, 0.3) is 0 Å². The van der Waals surface area contributed by atoms with Crippen molar-refractivity contribution in [2.24, 2.45) is 0 Å². The molecular formula is C20H20O5. The molecule has 0 aliphatic rings. The first-order valence-electron chi connectivity index (χ1n) is 7.60. The minimum atomic E-state index is -0.361.